The summed E-state index contributed by atoms with van der Waals surface area (Å²) < 4.78 is 16.1. The zero-order valence-electron chi connectivity index (χ0n) is 11.7. The van der Waals surface area contributed by atoms with Crippen LogP contribution in [-0.2, 0) is 0 Å². The molecule has 4 nitrogen and oxygen atoms in total. The van der Waals surface area contributed by atoms with Crippen molar-refractivity contribution in [2.45, 2.75) is 13.8 Å². The molecule has 0 aliphatic heterocycles. The average molecular weight is 253 g/mol. The average Bonchev–Trinajstić information content (AvgIpc) is 2.43. The van der Waals surface area contributed by atoms with Crippen LogP contribution in [0.15, 0.2) is 18.2 Å². The van der Waals surface area contributed by atoms with Gasteiger partial charge in [0.25, 0.3) is 0 Å². The Morgan fingerprint density at radius 1 is 1.00 bits per heavy atom. The van der Waals surface area contributed by atoms with E-state index in [-0.39, 0.29) is 0 Å². The summed E-state index contributed by atoms with van der Waals surface area (Å²) >= 11 is 0. The second kappa shape index (κ2) is 7.82. The molecule has 0 radical (unpaired) electrons. The number of hydrogen-bond acceptors (Lipinski definition) is 4. The van der Waals surface area contributed by atoms with E-state index in [0.717, 1.165) is 25.4 Å². The second-order valence-corrected chi connectivity index (χ2v) is 3.89. The fraction of sp³-hybridized carbons (Fsp3) is 0.571. The molecule has 0 saturated heterocycles. The van der Waals surface area contributed by atoms with Crippen LogP contribution in [0, 0.1) is 0 Å². The molecule has 0 N–H and O–H groups in total. The molecule has 1 aromatic carbocycles. The first kappa shape index (κ1) is 14.6. The predicted molar refractivity (Wildman–Crippen MR) is 72.8 cm³/mol. The number of likely N-dealkylation sites (N-methyl/N-ethyl adjacent to an activating group) is 1. The van der Waals surface area contributed by atoms with Crippen LogP contribution in [-0.4, -0.2) is 45.4 Å². The van der Waals surface area contributed by atoms with E-state index in [1.807, 2.05) is 18.2 Å². The van der Waals surface area contributed by atoms with Crippen LogP contribution in [0.2, 0.25) is 0 Å². The Morgan fingerprint density at radius 3 is 2.22 bits per heavy atom. The number of hydrogen-bond donors (Lipinski definition) is 0. The van der Waals surface area contributed by atoms with Crippen molar-refractivity contribution in [2.24, 2.45) is 0 Å². The quantitative estimate of drug-likeness (QED) is 0.712. The van der Waals surface area contributed by atoms with Crippen LogP contribution in [0.1, 0.15) is 13.8 Å². The van der Waals surface area contributed by atoms with Crippen molar-refractivity contribution in [1.29, 1.82) is 0 Å². The monoisotopic (exact) mass is 253 g/mol. The first-order valence-corrected chi connectivity index (χ1v) is 6.32. The van der Waals surface area contributed by atoms with Crippen LogP contribution in [0.4, 0.5) is 0 Å². The summed E-state index contributed by atoms with van der Waals surface area (Å²) in [6.07, 6.45) is 0. The van der Waals surface area contributed by atoms with Gasteiger partial charge in [-0.05, 0) is 25.2 Å². The highest BCUT2D eigenvalue weighted by Gasteiger charge is 2.05. The highest BCUT2D eigenvalue weighted by molar-refractivity contribution is 5.45. The Hall–Kier alpha value is -1.42. The summed E-state index contributed by atoms with van der Waals surface area (Å²) in [5.74, 6) is 2.21. The Labute approximate surface area is 109 Å². The van der Waals surface area contributed by atoms with Gasteiger partial charge in [0, 0.05) is 12.6 Å². The Kier molecular flexibility index (Phi) is 6.36. The third-order valence-corrected chi connectivity index (χ3v) is 2.93. The maximum absolute atomic E-state index is 5.70. The largest absolute Gasteiger partial charge is 0.493 e. The topological polar surface area (TPSA) is 30.9 Å². The molecule has 1 aromatic rings. The van der Waals surface area contributed by atoms with Crippen LogP contribution in [0.3, 0.4) is 0 Å². The molecule has 4 heteroatoms. The van der Waals surface area contributed by atoms with Gasteiger partial charge in [0.1, 0.15) is 12.4 Å². The minimum absolute atomic E-state index is 0.678. The minimum Gasteiger partial charge on any atom is -0.493 e. The molecule has 0 aromatic heterocycles. The van der Waals surface area contributed by atoms with Crippen molar-refractivity contribution >= 4 is 0 Å². The molecule has 0 saturated carbocycles. The Balaban J connectivity index is 2.52. The molecule has 0 heterocycles. The van der Waals surface area contributed by atoms with E-state index in [1.165, 1.54) is 0 Å². The highest BCUT2D eigenvalue weighted by atomic mass is 16.5. The van der Waals surface area contributed by atoms with Gasteiger partial charge in [0.2, 0.25) is 0 Å². The van der Waals surface area contributed by atoms with Gasteiger partial charge < -0.3 is 19.1 Å². The van der Waals surface area contributed by atoms with Crippen LogP contribution in [0.25, 0.3) is 0 Å². The molecule has 0 aliphatic carbocycles. The van der Waals surface area contributed by atoms with E-state index in [1.54, 1.807) is 14.2 Å². The Morgan fingerprint density at radius 2 is 1.67 bits per heavy atom. The van der Waals surface area contributed by atoms with Crippen molar-refractivity contribution in [1.82, 2.24) is 4.90 Å². The molecule has 102 valence electrons. The molecule has 0 spiro atoms. The fourth-order valence-corrected chi connectivity index (χ4v) is 1.74. The number of ether oxygens (including phenoxy) is 3. The van der Waals surface area contributed by atoms with E-state index in [4.69, 9.17) is 14.2 Å². The van der Waals surface area contributed by atoms with Gasteiger partial charge >= 0.3 is 0 Å². The maximum atomic E-state index is 5.70. The summed E-state index contributed by atoms with van der Waals surface area (Å²) in [5, 5.41) is 0. The van der Waals surface area contributed by atoms with E-state index in [2.05, 4.69) is 18.7 Å². The van der Waals surface area contributed by atoms with Crippen LogP contribution < -0.4 is 14.2 Å². The maximum Gasteiger partial charge on any atom is 0.164 e. The van der Waals surface area contributed by atoms with Crippen molar-refractivity contribution in [2.75, 3.05) is 40.5 Å². The zero-order valence-corrected chi connectivity index (χ0v) is 11.7. The van der Waals surface area contributed by atoms with Crippen molar-refractivity contribution in [3.05, 3.63) is 18.2 Å². The lowest BCUT2D eigenvalue weighted by atomic mass is 10.3. The van der Waals surface area contributed by atoms with Gasteiger partial charge in [-0.15, -0.1) is 0 Å². The van der Waals surface area contributed by atoms with Crippen LogP contribution >= 0.6 is 0 Å². The summed E-state index contributed by atoms with van der Waals surface area (Å²) in [4.78, 5) is 2.32. The molecule has 0 amide bonds. The third-order valence-electron chi connectivity index (χ3n) is 2.93. The van der Waals surface area contributed by atoms with Crippen molar-refractivity contribution < 1.29 is 14.2 Å². The summed E-state index contributed by atoms with van der Waals surface area (Å²) in [7, 11) is 3.25. The lowest BCUT2D eigenvalue weighted by molar-refractivity contribution is 0.222. The number of nitrogens with zero attached hydrogens (tertiary/aromatic N) is 1. The summed E-state index contributed by atoms with van der Waals surface area (Å²) in [6.45, 7) is 8.01. The van der Waals surface area contributed by atoms with Gasteiger partial charge in [0.05, 0.1) is 14.2 Å². The van der Waals surface area contributed by atoms with E-state index < -0.39 is 0 Å². The van der Waals surface area contributed by atoms with E-state index in [0.29, 0.717) is 18.1 Å². The smallest absolute Gasteiger partial charge is 0.164 e. The Bertz CT molecular complexity index is 351. The van der Waals surface area contributed by atoms with E-state index in [9.17, 15) is 0 Å². The molecule has 0 fully saturated rings. The fourth-order valence-electron chi connectivity index (χ4n) is 1.74. The molecule has 0 bridgehead atoms. The predicted octanol–water partition coefficient (Wildman–Crippen LogP) is 2.42. The summed E-state index contributed by atoms with van der Waals surface area (Å²) in [6, 6.07) is 5.59. The first-order chi connectivity index (χ1) is 8.74. The van der Waals surface area contributed by atoms with Crippen molar-refractivity contribution in [3.63, 3.8) is 0 Å². The second-order valence-electron chi connectivity index (χ2n) is 3.89. The molecule has 0 atom stereocenters. The first-order valence-electron chi connectivity index (χ1n) is 6.32. The molecule has 18 heavy (non-hydrogen) atoms. The summed E-state index contributed by atoms with van der Waals surface area (Å²) in [5.41, 5.74) is 0. The van der Waals surface area contributed by atoms with E-state index >= 15 is 0 Å². The SMILES string of the molecule is CCN(CC)CCOc1ccc(OC)c(OC)c1. The standard InChI is InChI=1S/C14H23NO3/c1-5-15(6-2)9-10-18-12-7-8-13(16-3)14(11-12)17-4/h7-8,11H,5-6,9-10H2,1-4H3. The molecule has 1 rings (SSSR count). The van der Waals surface area contributed by atoms with Gasteiger partial charge in [-0.2, -0.15) is 0 Å². The zero-order chi connectivity index (χ0) is 13.4. The molecular weight excluding hydrogens is 230 g/mol. The third kappa shape index (κ3) is 4.11. The number of benzene rings is 1. The molecule has 0 aliphatic rings. The molecule has 0 unspecified atom stereocenters. The number of rotatable bonds is 8. The lowest BCUT2D eigenvalue weighted by Gasteiger charge is -2.18. The minimum atomic E-state index is 0.678. The van der Waals surface area contributed by atoms with Crippen molar-refractivity contribution in [3.8, 4) is 17.2 Å². The van der Waals surface area contributed by atoms with Gasteiger partial charge in [-0.1, -0.05) is 13.8 Å². The number of methoxy groups -OCH3 is 2. The van der Waals surface area contributed by atoms with Crippen LogP contribution in [0.5, 0.6) is 17.2 Å². The van der Waals surface area contributed by atoms with Gasteiger partial charge in [-0.25, -0.2) is 0 Å². The highest BCUT2D eigenvalue weighted by Crippen LogP contribution is 2.30. The van der Waals surface area contributed by atoms with Gasteiger partial charge in [0.15, 0.2) is 11.5 Å². The normalized spacial score (nSPS) is 10.5. The molecular formula is C14H23NO3. The van der Waals surface area contributed by atoms with Gasteiger partial charge in [-0.3, -0.25) is 0 Å². The lowest BCUT2D eigenvalue weighted by Crippen LogP contribution is -2.27.